The maximum absolute atomic E-state index is 10.5. The second kappa shape index (κ2) is 7.32. The van der Waals surface area contributed by atoms with Gasteiger partial charge in [-0.2, -0.15) is 5.10 Å². The van der Waals surface area contributed by atoms with E-state index in [-0.39, 0.29) is 12.2 Å². The average Bonchev–Trinajstić information content (AvgIpc) is 2.88. The van der Waals surface area contributed by atoms with Crippen LogP contribution < -0.4 is 5.32 Å². The molecule has 2 heterocycles. The van der Waals surface area contributed by atoms with Crippen LogP contribution in [0, 0.1) is 16.0 Å². The summed E-state index contributed by atoms with van der Waals surface area (Å²) >= 11 is 0. The van der Waals surface area contributed by atoms with Crippen molar-refractivity contribution in [1.82, 2.24) is 15.1 Å². The van der Waals surface area contributed by atoms with E-state index < -0.39 is 11.0 Å². The Balaban J connectivity index is 1.66. The quantitative estimate of drug-likeness (QED) is 0.546. The Kier molecular flexibility index (Phi) is 5.45. The molecular weight excluding hydrogens is 264 g/mol. The normalized spacial score (nSPS) is 18.1. The van der Waals surface area contributed by atoms with E-state index in [0.717, 1.165) is 32.6 Å². The van der Waals surface area contributed by atoms with Crippen LogP contribution in [0.15, 0.2) is 12.4 Å². The summed E-state index contributed by atoms with van der Waals surface area (Å²) in [6.45, 7) is 3.18. The number of nitro groups is 1. The molecule has 0 amide bonds. The number of nitrogens with zero attached hydrogens (tertiary/aromatic N) is 3. The van der Waals surface area contributed by atoms with Crippen molar-refractivity contribution in [3.63, 3.8) is 0 Å². The molecule has 112 valence electrons. The van der Waals surface area contributed by atoms with Crippen LogP contribution in [0.3, 0.4) is 0 Å². The predicted octanol–water partition coefficient (Wildman–Crippen LogP) is 0.168. The third-order valence-corrected chi connectivity index (χ3v) is 3.38. The maximum atomic E-state index is 10.5. The minimum atomic E-state index is -0.616. The van der Waals surface area contributed by atoms with Gasteiger partial charge in [-0.25, -0.2) is 0 Å². The van der Waals surface area contributed by atoms with Crippen molar-refractivity contribution >= 4 is 5.69 Å². The van der Waals surface area contributed by atoms with Crippen LogP contribution in [0.5, 0.6) is 0 Å². The Morgan fingerprint density at radius 1 is 1.60 bits per heavy atom. The second-order valence-electron chi connectivity index (χ2n) is 5.05. The fourth-order valence-corrected chi connectivity index (χ4v) is 2.23. The Bertz CT molecular complexity index is 431. The zero-order valence-corrected chi connectivity index (χ0v) is 11.3. The summed E-state index contributed by atoms with van der Waals surface area (Å²) in [5.74, 6) is 0.599. The van der Waals surface area contributed by atoms with Gasteiger partial charge in [-0.3, -0.25) is 14.8 Å². The number of aliphatic hydroxyl groups excluding tert-OH is 1. The number of ether oxygens (including phenoxy) is 1. The molecule has 1 aliphatic rings. The van der Waals surface area contributed by atoms with E-state index in [0.29, 0.717) is 12.5 Å². The number of nitrogens with one attached hydrogen (secondary N) is 1. The van der Waals surface area contributed by atoms with Crippen molar-refractivity contribution in [2.24, 2.45) is 5.92 Å². The summed E-state index contributed by atoms with van der Waals surface area (Å²) in [5.41, 5.74) is -0.0626. The predicted molar refractivity (Wildman–Crippen MR) is 71.3 cm³/mol. The number of rotatable bonds is 7. The summed E-state index contributed by atoms with van der Waals surface area (Å²) in [5, 5.41) is 27.4. The summed E-state index contributed by atoms with van der Waals surface area (Å²) in [6.07, 6.45) is 3.99. The maximum Gasteiger partial charge on any atom is 0.306 e. The van der Waals surface area contributed by atoms with Gasteiger partial charge >= 0.3 is 5.69 Å². The molecule has 8 nitrogen and oxygen atoms in total. The van der Waals surface area contributed by atoms with Crippen molar-refractivity contribution < 1.29 is 14.8 Å². The largest absolute Gasteiger partial charge is 0.390 e. The number of aliphatic hydroxyl groups is 1. The molecule has 2 rings (SSSR count). The van der Waals surface area contributed by atoms with E-state index in [1.165, 1.54) is 17.1 Å². The standard InChI is InChI=1S/C12H20N4O4/c17-12(7-13-5-10-1-3-20-4-2-10)9-15-8-11(6-14-15)16(18)19/h6,8,10,12-13,17H,1-5,7,9H2. The van der Waals surface area contributed by atoms with Crippen LogP contribution in [0.4, 0.5) is 5.69 Å². The van der Waals surface area contributed by atoms with Crippen molar-refractivity contribution in [2.75, 3.05) is 26.3 Å². The minimum absolute atomic E-state index is 0.0626. The zero-order valence-electron chi connectivity index (χ0n) is 11.3. The molecule has 1 saturated heterocycles. The first-order valence-electron chi connectivity index (χ1n) is 6.78. The molecule has 0 aromatic carbocycles. The highest BCUT2D eigenvalue weighted by Crippen LogP contribution is 2.13. The zero-order chi connectivity index (χ0) is 14.4. The molecule has 1 aliphatic heterocycles. The lowest BCUT2D eigenvalue weighted by Crippen LogP contribution is -2.35. The monoisotopic (exact) mass is 284 g/mol. The molecule has 20 heavy (non-hydrogen) atoms. The van der Waals surface area contributed by atoms with Gasteiger partial charge in [-0.15, -0.1) is 0 Å². The van der Waals surface area contributed by atoms with E-state index >= 15 is 0 Å². The summed E-state index contributed by atoms with van der Waals surface area (Å²) in [4.78, 5) is 10.0. The van der Waals surface area contributed by atoms with Crippen LogP contribution in [-0.2, 0) is 11.3 Å². The Labute approximate surface area is 116 Å². The molecule has 1 aromatic rings. The van der Waals surface area contributed by atoms with Gasteiger partial charge in [-0.1, -0.05) is 0 Å². The summed E-state index contributed by atoms with van der Waals surface area (Å²) in [7, 11) is 0. The molecule has 0 bridgehead atoms. The first-order chi connectivity index (χ1) is 9.65. The fraction of sp³-hybridized carbons (Fsp3) is 0.750. The second-order valence-corrected chi connectivity index (χ2v) is 5.05. The van der Waals surface area contributed by atoms with Gasteiger partial charge < -0.3 is 15.2 Å². The average molecular weight is 284 g/mol. The van der Waals surface area contributed by atoms with Gasteiger partial charge in [0.25, 0.3) is 0 Å². The number of hydrogen-bond acceptors (Lipinski definition) is 6. The van der Waals surface area contributed by atoms with Gasteiger partial charge in [0.1, 0.15) is 12.4 Å². The van der Waals surface area contributed by atoms with Gasteiger partial charge in [0, 0.05) is 19.8 Å². The topological polar surface area (TPSA) is 102 Å². The first-order valence-corrected chi connectivity index (χ1v) is 6.78. The molecular formula is C12H20N4O4. The van der Waals surface area contributed by atoms with E-state index in [1.54, 1.807) is 0 Å². The Hall–Kier alpha value is -1.51. The molecule has 1 unspecified atom stereocenters. The van der Waals surface area contributed by atoms with Gasteiger partial charge in [0.15, 0.2) is 0 Å². The molecule has 1 fully saturated rings. The van der Waals surface area contributed by atoms with Gasteiger partial charge in [0.2, 0.25) is 0 Å². The molecule has 2 N–H and O–H groups in total. The minimum Gasteiger partial charge on any atom is -0.390 e. The van der Waals surface area contributed by atoms with Crippen molar-refractivity contribution in [1.29, 1.82) is 0 Å². The highest BCUT2D eigenvalue weighted by atomic mass is 16.6. The third kappa shape index (κ3) is 4.55. The highest BCUT2D eigenvalue weighted by Gasteiger charge is 2.15. The van der Waals surface area contributed by atoms with Crippen LogP contribution in [-0.4, -0.2) is 52.2 Å². The van der Waals surface area contributed by atoms with E-state index in [2.05, 4.69) is 10.4 Å². The molecule has 0 aliphatic carbocycles. The van der Waals surface area contributed by atoms with E-state index in [4.69, 9.17) is 4.74 Å². The van der Waals surface area contributed by atoms with Crippen LogP contribution >= 0.6 is 0 Å². The lowest BCUT2D eigenvalue weighted by Gasteiger charge is -2.22. The van der Waals surface area contributed by atoms with Crippen molar-refractivity contribution in [3.05, 3.63) is 22.5 Å². The van der Waals surface area contributed by atoms with Crippen LogP contribution in [0.1, 0.15) is 12.8 Å². The number of aromatic nitrogens is 2. The summed E-state index contributed by atoms with van der Waals surface area (Å²) < 4.78 is 6.67. The molecule has 0 radical (unpaired) electrons. The molecule has 0 spiro atoms. The molecule has 1 aromatic heterocycles. The molecule has 1 atom stereocenters. The Morgan fingerprint density at radius 3 is 3.00 bits per heavy atom. The van der Waals surface area contributed by atoms with Crippen molar-refractivity contribution in [3.8, 4) is 0 Å². The number of hydrogen-bond donors (Lipinski definition) is 2. The van der Waals surface area contributed by atoms with Crippen molar-refractivity contribution in [2.45, 2.75) is 25.5 Å². The first kappa shape index (κ1) is 14.9. The molecule has 8 heteroatoms. The lowest BCUT2D eigenvalue weighted by molar-refractivity contribution is -0.385. The lowest BCUT2D eigenvalue weighted by atomic mass is 10.0. The van der Waals surface area contributed by atoms with Gasteiger partial charge in [0.05, 0.1) is 17.6 Å². The van der Waals surface area contributed by atoms with Gasteiger partial charge in [-0.05, 0) is 25.3 Å². The SMILES string of the molecule is O=[N+]([O-])c1cnn(CC(O)CNCC2CCOCC2)c1. The van der Waals surface area contributed by atoms with Crippen LogP contribution in [0.25, 0.3) is 0 Å². The van der Waals surface area contributed by atoms with Crippen LogP contribution in [0.2, 0.25) is 0 Å². The van der Waals surface area contributed by atoms with E-state index in [1.807, 2.05) is 0 Å². The van der Waals surface area contributed by atoms with E-state index in [9.17, 15) is 15.2 Å². The highest BCUT2D eigenvalue weighted by molar-refractivity contribution is 5.20. The third-order valence-electron chi connectivity index (χ3n) is 3.38. The molecule has 0 saturated carbocycles. The Morgan fingerprint density at radius 2 is 2.35 bits per heavy atom. The fourth-order valence-electron chi connectivity index (χ4n) is 2.23. The summed E-state index contributed by atoms with van der Waals surface area (Å²) in [6, 6.07) is 0. The smallest absolute Gasteiger partial charge is 0.306 e.